The molecule has 36 heavy (non-hydrogen) atoms. The first-order valence-corrected chi connectivity index (χ1v) is 13.9. The molecule has 1 fully saturated rings. The number of hydrogen-bond acceptors (Lipinski definition) is 8. The summed E-state index contributed by atoms with van der Waals surface area (Å²) in [7, 11) is -2.08. The third kappa shape index (κ3) is 5.09. The Labute approximate surface area is 210 Å². The molecule has 0 radical (unpaired) electrons. The van der Waals surface area contributed by atoms with Gasteiger partial charge in [0.15, 0.2) is 11.5 Å². The molecule has 2 aromatic rings. The number of methoxy groups -OCH3 is 1. The fraction of sp³-hybridized carbons (Fsp3) is 0.423. The highest BCUT2D eigenvalue weighted by molar-refractivity contribution is 7.90. The zero-order valence-electron chi connectivity index (χ0n) is 20.6. The van der Waals surface area contributed by atoms with Crippen molar-refractivity contribution in [3.63, 3.8) is 0 Å². The predicted molar refractivity (Wildman–Crippen MR) is 135 cm³/mol. The second-order valence-corrected chi connectivity index (χ2v) is 11.3. The molecule has 0 aliphatic carbocycles. The molecule has 0 aromatic heterocycles. The lowest BCUT2D eigenvalue weighted by atomic mass is 9.97. The number of sulfone groups is 1. The topological polar surface area (TPSA) is 110 Å². The molecule has 0 spiro atoms. The Morgan fingerprint density at radius 1 is 1.03 bits per heavy atom. The molecule has 2 aliphatic heterocycles. The van der Waals surface area contributed by atoms with Crippen molar-refractivity contribution >= 4 is 33.6 Å². The molecule has 4 rings (SSSR count). The fourth-order valence-electron chi connectivity index (χ4n) is 4.80. The number of ether oxygens (including phenoxy) is 2. The van der Waals surface area contributed by atoms with Gasteiger partial charge in [0.2, 0.25) is 0 Å². The third-order valence-electron chi connectivity index (χ3n) is 6.64. The molecule has 2 heterocycles. The van der Waals surface area contributed by atoms with Gasteiger partial charge in [0.25, 0.3) is 11.8 Å². The second-order valence-electron chi connectivity index (χ2n) is 9.12. The van der Waals surface area contributed by atoms with Crippen molar-refractivity contribution < 1.29 is 32.3 Å². The summed E-state index contributed by atoms with van der Waals surface area (Å²) < 4.78 is 35.7. The number of imide groups is 1. The molecule has 10 heteroatoms. The number of carbonyl (C=O) groups is 3. The first kappa shape index (κ1) is 25.7. The maximum Gasteiger partial charge on any atom is 0.262 e. The van der Waals surface area contributed by atoms with E-state index in [9.17, 15) is 22.8 Å². The van der Waals surface area contributed by atoms with Crippen LogP contribution in [0, 0.1) is 5.92 Å². The van der Waals surface area contributed by atoms with Crippen molar-refractivity contribution in [1.29, 1.82) is 0 Å². The van der Waals surface area contributed by atoms with E-state index in [1.807, 2.05) is 6.92 Å². The lowest BCUT2D eigenvalue weighted by Gasteiger charge is -2.31. The van der Waals surface area contributed by atoms with Gasteiger partial charge in [0, 0.05) is 31.0 Å². The average molecular weight is 515 g/mol. The number of fused-ring (bicyclic) bond motifs is 1. The van der Waals surface area contributed by atoms with Gasteiger partial charge in [-0.3, -0.25) is 14.5 Å². The standard InChI is InChI=1S/C26H30N2O7S/c1-4-35-24-13-18(5-8-23(24)34-2)22(16-36(3,32)33)28-25(30)20-7-6-19(14-21(20)26(28)31)27-11-9-17(15-29)10-12-27/h5-8,13-15,17,22H,4,9-12,16H2,1-3H3/t22-/m1/s1. The number of carbonyl (C=O) groups excluding carboxylic acids is 3. The minimum Gasteiger partial charge on any atom is -0.493 e. The van der Waals surface area contributed by atoms with Crippen LogP contribution in [0.15, 0.2) is 36.4 Å². The highest BCUT2D eigenvalue weighted by atomic mass is 32.2. The molecule has 2 amide bonds. The fourth-order valence-corrected chi connectivity index (χ4v) is 5.71. The lowest BCUT2D eigenvalue weighted by molar-refractivity contribution is -0.111. The first-order chi connectivity index (χ1) is 17.2. The second kappa shape index (κ2) is 10.3. The maximum atomic E-state index is 13.6. The van der Waals surface area contributed by atoms with Crippen LogP contribution in [-0.4, -0.2) is 70.2 Å². The molecular formula is C26H30N2O7S. The van der Waals surface area contributed by atoms with Crippen molar-refractivity contribution in [2.24, 2.45) is 5.92 Å². The molecule has 1 atom stereocenters. The summed E-state index contributed by atoms with van der Waals surface area (Å²) in [6.07, 6.45) is 3.52. The number of aldehydes is 1. The Balaban J connectivity index is 1.70. The molecule has 0 saturated carbocycles. The summed E-state index contributed by atoms with van der Waals surface area (Å²) in [5.74, 6) is -0.608. The molecule has 2 aliphatic rings. The Bertz CT molecular complexity index is 1280. The van der Waals surface area contributed by atoms with Crippen LogP contribution in [-0.2, 0) is 14.6 Å². The quantitative estimate of drug-likeness (QED) is 0.371. The van der Waals surface area contributed by atoms with E-state index in [0.717, 1.165) is 36.0 Å². The van der Waals surface area contributed by atoms with Crippen LogP contribution in [0.5, 0.6) is 11.5 Å². The van der Waals surface area contributed by atoms with Gasteiger partial charge in [-0.25, -0.2) is 8.42 Å². The van der Waals surface area contributed by atoms with Crippen molar-refractivity contribution in [2.75, 3.05) is 43.7 Å². The third-order valence-corrected chi connectivity index (χ3v) is 7.56. The van der Waals surface area contributed by atoms with Crippen molar-refractivity contribution in [2.45, 2.75) is 25.8 Å². The summed E-state index contributed by atoms with van der Waals surface area (Å²) in [6, 6.07) is 8.95. The van der Waals surface area contributed by atoms with Crippen molar-refractivity contribution in [1.82, 2.24) is 4.90 Å². The van der Waals surface area contributed by atoms with E-state index in [-0.39, 0.29) is 17.0 Å². The van der Waals surface area contributed by atoms with Crippen LogP contribution in [0.25, 0.3) is 0 Å². The van der Waals surface area contributed by atoms with Crippen molar-refractivity contribution in [3.05, 3.63) is 53.1 Å². The van der Waals surface area contributed by atoms with E-state index < -0.39 is 33.4 Å². The van der Waals surface area contributed by atoms with Crippen LogP contribution in [0.1, 0.15) is 52.1 Å². The van der Waals surface area contributed by atoms with Gasteiger partial charge in [-0.1, -0.05) is 6.07 Å². The van der Waals surface area contributed by atoms with Crippen molar-refractivity contribution in [3.8, 4) is 11.5 Å². The Kier molecular flexibility index (Phi) is 7.35. The smallest absolute Gasteiger partial charge is 0.262 e. The molecule has 0 N–H and O–H groups in total. The molecule has 1 saturated heterocycles. The van der Waals surface area contributed by atoms with Gasteiger partial charge in [-0.15, -0.1) is 0 Å². The largest absolute Gasteiger partial charge is 0.493 e. The number of anilines is 1. The maximum absolute atomic E-state index is 13.6. The molecule has 0 bridgehead atoms. The van der Waals surface area contributed by atoms with E-state index in [4.69, 9.17) is 9.47 Å². The van der Waals surface area contributed by atoms with E-state index in [1.54, 1.807) is 36.4 Å². The highest BCUT2D eigenvalue weighted by Gasteiger charge is 2.42. The zero-order chi connectivity index (χ0) is 26.0. The van der Waals surface area contributed by atoms with Crippen LogP contribution < -0.4 is 14.4 Å². The number of benzene rings is 2. The molecule has 0 unspecified atom stereocenters. The van der Waals surface area contributed by atoms with Gasteiger partial charge in [0.05, 0.1) is 36.6 Å². The van der Waals surface area contributed by atoms with Crippen LogP contribution in [0.3, 0.4) is 0 Å². The number of nitrogens with zero attached hydrogens (tertiary/aromatic N) is 2. The summed E-state index contributed by atoms with van der Waals surface area (Å²) in [4.78, 5) is 41.2. The van der Waals surface area contributed by atoms with Crippen LogP contribution >= 0.6 is 0 Å². The SMILES string of the molecule is CCOc1cc([C@@H](CS(C)(=O)=O)N2C(=O)c3ccc(N4CCC(C=O)CC4)cc3C2=O)ccc1OC. The number of piperidine rings is 1. The summed E-state index contributed by atoms with van der Waals surface area (Å²) in [5, 5.41) is 0. The summed E-state index contributed by atoms with van der Waals surface area (Å²) >= 11 is 0. The monoisotopic (exact) mass is 514 g/mol. The van der Waals surface area contributed by atoms with Gasteiger partial charge in [0.1, 0.15) is 16.1 Å². The van der Waals surface area contributed by atoms with Gasteiger partial charge < -0.3 is 19.2 Å². The minimum atomic E-state index is -3.57. The predicted octanol–water partition coefficient (Wildman–Crippen LogP) is 2.89. The molecule has 192 valence electrons. The number of amides is 2. The van der Waals surface area contributed by atoms with E-state index in [1.165, 1.54) is 7.11 Å². The summed E-state index contributed by atoms with van der Waals surface area (Å²) in [5.41, 5.74) is 1.73. The average Bonchev–Trinajstić information content (AvgIpc) is 3.11. The minimum absolute atomic E-state index is 0.0391. The molecule has 9 nitrogen and oxygen atoms in total. The molecule has 2 aromatic carbocycles. The Hall–Kier alpha value is -3.40. The first-order valence-electron chi connectivity index (χ1n) is 11.9. The van der Waals surface area contributed by atoms with Gasteiger partial charge >= 0.3 is 0 Å². The normalized spacial score (nSPS) is 17.2. The number of rotatable bonds is 9. The molecular weight excluding hydrogens is 484 g/mol. The van der Waals surface area contributed by atoms with Crippen LogP contribution in [0.2, 0.25) is 0 Å². The van der Waals surface area contributed by atoms with E-state index >= 15 is 0 Å². The van der Waals surface area contributed by atoms with Crippen LogP contribution in [0.4, 0.5) is 5.69 Å². The Morgan fingerprint density at radius 3 is 2.33 bits per heavy atom. The number of hydrogen-bond donors (Lipinski definition) is 0. The lowest BCUT2D eigenvalue weighted by Crippen LogP contribution is -2.37. The van der Waals surface area contributed by atoms with E-state index in [2.05, 4.69) is 4.90 Å². The highest BCUT2D eigenvalue weighted by Crippen LogP contribution is 2.38. The summed E-state index contributed by atoms with van der Waals surface area (Å²) in [6.45, 7) is 3.52. The zero-order valence-corrected chi connectivity index (χ0v) is 21.4. The van der Waals surface area contributed by atoms with Gasteiger partial charge in [-0.05, 0) is 55.7 Å². The van der Waals surface area contributed by atoms with E-state index in [0.29, 0.717) is 36.8 Å². The van der Waals surface area contributed by atoms with Gasteiger partial charge in [-0.2, -0.15) is 0 Å². The Morgan fingerprint density at radius 2 is 1.72 bits per heavy atom.